The summed E-state index contributed by atoms with van der Waals surface area (Å²) in [5.41, 5.74) is 1.90. The summed E-state index contributed by atoms with van der Waals surface area (Å²) in [4.78, 5) is 28.9. The third kappa shape index (κ3) is 4.69. The highest BCUT2D eigenvalue weighted by atomic mass is 19.1. The van der Waals surface area contributed by atoms with Crippen LogP contribution in [0.3, 0.4) is 0 Å². The van der Waals surface area contributed by atoms with E-state index in [-0.39, 0.29) is 23.2 Å². The standard InChI is InChI=1S/C21H20FN9O2/c1-23-20(32)14-10-25-21(27-12-7-8-16(22)24-9-12)29-19(14)28-15-6-4-5-13(17(15)33-3)18-26-11-31(2)30-18/h4-11H,1-3H3,(H,23,32)(H2,25,27,28,29). The summed E-state index contributed by atoms with van der Waals surface area (Å²) in [7, 11) is 4.81. The molecule has 0 bridgehead atoms. The van der Waals surface area contributed by atoms with E-state index in [2.05, 4.69) is 41.0 Å². The fourth-order valence-electron chi connectivity index (χ4n) is 3.04. The Hall–Kier alpha value is -4.61. The first-order valence-electron chi connectivity index (χ1n) is 9.76. The smallest absolute Gasteiger partial charge is 0.256 e. The van der Waals surface area contributed by atoms with E-state index in [0.29, 0.717) is 28.5 Å². The van der Waals surface area contributed by atoms with Crippen LogP contribution in [0.5, 0.6) is 5.75 Å². The maximum Gasteiger partial charge on any atom is 0.256 e. The van der Waals surface area contributed by atoms with Crippen LogP contribution in [0.15, 0.2) is 49.1 Å². The van der Waals surface area contributed by atoms with Crippen molar-refractivity contribution in [3.05, 3.63) is 60.6 Å². The van der Waals surface area contributed by atoms with Gasteiger partial charge in [0.25, 0.3) is 5.91 Å². The minimum Gasteiger partial charge on any atom is -0.494 e. The van der Waals surface area contributed by atoms with Gasteiger partial charge in [0.1, 0.15) is 17.7 Å². The number of anilines is 4. The summed E-state index contributed by atoms with van der Waals surface area (Å²) in [6, 6.07) is 8.12. The fourth-order valence-corrected chi connectivity index (χ4v) is 3.04. The van der Waals surface area contributed by atoms with Gasteiger partial charge in [-0.05, 0) is 24.3 Å². The molecule has 1 amide bonds. The Balaban J connectivity index is 1.73. The van der Waals surface area contributed by atoms with Crippen LogP contribution in [0, 0.1) is 5.95 Å². The lowest BCUT2D eigenvalue weighted by molar-refractivity contribution is 0.0963. The van der Waals surface area contributed by atoms with Crippen molar-refractivity contribution >= 4 is 29.0 Å². The number of amides is 1. The quantitative estimate of drug-likeness (QED) is 0.364. The zero-order valence-electron chi connectivity index (χ0n) is 18.0. The molecule has 0 saturated carbocycles. The van der Waals surface area contributed by atoms with Crippen molar-refractivity contribution in [2.45, 2.75) is 0 Å². The first kappa shape index (κ1) is 21.6. The van der Waals surface area contributed by atoms with E-state index in [9.17, 15) is 9.18 Å². The van der Waals surface area contributed by atoms with E-state index in [1.165, 1.54) is 38.7 Å². The van der Waals surface area contributed by atoms with Crippen LogP contribution < -0.4 is 20.7 Å². The maximum atomic E-state index is 13.1. The largest absolute Gasteiger partial charge is 0.494 e. The molecule has 3 heterocycles. The van der Waals surface area contributed by atoms with E-state index in [1.54, 1.807) is 30.2 Å². The van der Waals surface area contributed by atoms with E-state index in [0.717, 1.165) is 0 Å². The van der Waals surface area contributed by atoms with Gasteiger partial charge in [-0.15, -0.1) is 0 Å². The number of nitrogens with one attached hydrogen (secondary N) is 3. The van der Waals surface area contributed by atoms with E-state index in [1.807, 2.05) is 6.07 Å². The third-order valence-electron chi connectivity index (χ3n) is 4.56. The monoisotopic (exact) mass is 449 g/mol. The topological polar surface area (TPSA) is 132 Å². The van der Waals surface area contributed by atoms with E-state index < -0.39 is 5.95 Å². The molecule has 0 aliphatic rings. The Kier molecular flexibility index (Phi) is 6.06. The van der Waals surface area contributed by atoms with Crippen LogP contribution in [-0.4, -0.2) is 49.8 Å². The second-order valence-corrected chi connectivity index (χ2v) is 6.78. The number of benzene rings is 1. The van der Waals surface area contributed by atoms with Crippen molar-refractivity contribution in [3.63, 3.8) is 0 Å². The second-order valence-electron chi connectivity index (χ2n) is 6.78. The molecule has 0 aliphatic heterocycles. The molecule has 1 aromatic carbocycles. The van der Waals surface area contributed by atoms with Gasteiger partial charge in [0.15, 0.2) is 11.6 Å². The molecule has 0 atom stereocenters. The lowest BCUT2D eigenvalue weighted by Crippen LogP contribution is -2.20. The minimum atomic E-state index is -0.604. The van der Waals surface area contributed by atoms with Crippen LogP contribution in [0.25, 0.3) is 11.4 Å². The number of rotatable bonds is 7. The van der Waals surface area contributed by atoms with Gasteiger partial charge in [-0.1, -0.05) is 6.07 Å². The maximum absolute atomic E-state index is 13.1. The Morgan fingerprint density at radius 2 is 1.94 bits per heavy atom. The number of pyridine rings is 1. The molecule has 0 fully saturated rings. The number of aryl methyl sites for hydroxylation is 1. The van der Waals surface area contributed by atoms with Gasteiger partial charge >= 0.3 is 0 Å². The van der Waals surface area contributed by atoms with Crippen LogP contribution in [0.2, 0.25) is 0 Å². The zero-order chi connectivity index (χ0) is 23.4. The molecular formula is C21H20FN9O2. The first-order chi connectivity index (χ1) is 16.0. The highest BCUT2D eigenvalue weighted by Crippen LogP contribution is 2.36. The Morgan fingerprint density at radius 3 is 2.61 bits per heavy atom. The Labute approximate surface area is 188 Å². The molecule has 4 rings (SSSR count). The number of hydrogen-bond donors (Lipinski definition) is 3. The van der Waals surface area contributed by atoms with Crippen LogP contribution >= 0.6 is 0 Å². The summed E-state index contributed by atoms with van der Waals surface area (Å²) >= 11 is 0. The highest BCUT2D eigenvalue weighted by molar-refractivity contribution is 5.99. The number of methoxy groups -OCH3 is 1. The summed E-state index contributed by atoms with van der Waals surface area (Å²) in [5, 5.41) is 13.0. The van der Waals surface area contributed by atoms with Gasteiger partial charge in [-0.2, -0.15) is 14.5 Å². The Bertz CT molecular complexity index is 1290. The van der Waals surface area contributed by atoms with E-state index >= 15 is 0 Å². The van der Waals surface area contributed by atoms with E-state index in [4.69, 9.17) is 4.74 Å². The summed E-state index contributed by atoms with van der Waals surface area (Å²) in [6.45, 7) is 0. The molecule has 3 N–H and O–H groups in total. The van der Waals surface area contributed by atoms with Crippen molar-refractivity contribution in [1.29, 1.82) is 0 Å². The summed E-state index contributed by atoms with van der Waals surface area (Å²) in [5.74, 6) is 0.384. The van der Waals surface area contributed by atoms with Crippen molar-refractivity contribution in [2.24, 2.45) is 7.05 Å². The van der Waals surface area contributed by atoms with Crippen molar-refractivity contribution in [3.8, 4) is 17.1 Å². The fraction of sp³-hybridized carbons (Fsp3) is 0.143. The number of halogens is 1. The van der Waals surface area contributed by atoms with Crippen LogP contribution in [-0.2, 0) is 7.05 Å². The van der Waals surface area contributed by atoms with Gasteiger partial charge in [0.05, 0.1) is 30.2 Å². The Morgan fingerprint density at radius 1 is 1.09 bits per heavy atom. The number of carbonyl (C=O) groups excluding carboxylic acids is 1. The minimum absolute atomic E-state index is 0.181. The summed E-state index contributed by atoms with van der Waals surface area (Å²) < 4.78 is 20.3. The predicted molar refractivity (Wildman–Crippen MR) is 119 cm³/mol. The predicted octanol–water partition coefficient (Wildman–Crippen LogP) is 2.66. The molecule has 0 spiro atoms. The van der Waals surface area contributed by atoms with Crippen LogP contribution in [0.1, 0.15) is 10.4 Å². The van der Waals surface area contributed by atoms with Crippen molar-refractivity contribution in [2.75, 3.05) is 24.8 Å². The van der Waals surface area contributed by atoms with Crippen molar-refractivity contribution in [1.82, 2.24) is 35.0 Å². The highest BCUT2D eigenvalue weighted by Gasteiger charge is 2.19. The molecule has 12 heteroatoms. The number of para-hydroxylation sites is 1. The molecule has 0 saturated heterocycles. The van der Waals surface area contributed by atoms with Crippen LogP contribution in [0.4, 0.5) is 27.5 Å². The lowest BCUT2D eigenvalue weighted by atomic mass is 10.1. The molecule has 168 valence electrons. The number of hydrogen-bond acceptors (Lipinski definition) is 9. The molecule has 3 aromatic heterocycles. The van der Waals surface area contributed by atoms with Gasteiger partial charge in [-0.25, -0.2) is 15.0 Å². The third-order valence-corrected chi connectivity index (χ3v) is 4.56. The van der Waals surface area contributed by atoms with Crippen molar-refractivity contribution < 1.29 is 13.9 Å². The average Bonchev–Trinajstić information content (AvgIpc) is 3.26. The lowest BCUT2D eigenvalue weighted by Gasteiger charge is -2.16. The SMILES string of the molecule is CNC(=O)c1cnc(Nc2ccc(F)nc2)nc1Nc1cccc(-c2ncn(C)n2)c1OC. The molecule has 0 unspecified atom stereocenters. The van der Waals surface area contributed by atoms with Gasteiger partial charge in [-0.3, -0.25) is 9.48 Å². The number of nitrogens with zero attached hydrogens (tertiary/aromatic N) is 6. The number of ether oxygens (including phenoxy) is 1. The average molecular weight is 449 g/mol. The molecule has 11 nitrogen and oxygen atoms in total. The normalized spacial score (nSPS) is 10.5. The van der Waals surface area contributed by atoms with Gasteiger partial charge < -0.3 is 20.7 Å². The molecular weight excluding hydrogens is 429 g/mol. The first-order valence-corrected chi connectivity index (χ1v) is 9.76. The molecule has 33 heavy (non-hydrogen) atoms. The van der Waals surface area contributed by atoms with Gasteiger partial charge in [0, 0.05) is 20.3 Å². The molecule has 0 radical (unpaired) electrons. The van der Waals surface area contributed by atoms with Gasteiger partial charge in [0.2, 0.25) is 11.9 Å². The number of aromatic nitrogens is 6. The zero-order valence-corrected chi connectivity index (χ0v) is 18.0. The summed E-state index contributed by atoms with van der Waals surface area (Å²) in [6.07, 6.45) is 4.28. The molecule has 4 aromatic rings. The second kappa shape index (κ2) is 9.26. The number of carbonyl (C=O) groups is 1. The molecule has 0 aliphatic carbocycles.